The third-order valence-electron chi connectivity index (χ3n) is 4.52. The molecule has 0 radical (unpaired) electrons. The van der Waals surface area contributed by atoms with E-state index in [1.54, 1.807) is 0 Å². The number of hydrogen-bond acceptors (Lipinski definition) is 3. The average molecular weight is 318 g/mol. The molecule has 0 saturated heterocycles. The fraction of sp³-hybridized carbons (Fsp3) is 0.632. The summed E-state index contributed by atoms with van der Waals surface area (Å²) in [7, 11) is 0. The van der Waals surface area contributed by atoms with Gasteiger partial charge in [-0.1, -0.05) is 45.9 Å². The Hall–Kier alpha value is -1.55. The van der Waals surface area contributed by atoms with Crippen molar-refractivity contribution in [3.8, 4) is 5.75 Å². The standard InChI is InChI=1S/C19H30N2O2/c1-5-21(6-2)16(11-14(3)4)13-20-19(22)18-12-15-9-7-8-10-17(15)23-18/h7-10,14,16,18H,5-6,11-13H2,1-4H3,(H,20,22). The van der Waals surface area contributed by atoms with Crippen LogP contribution in [-0.4, -0.2) is 42.6 Å². The number of ether oxygens (including phenoxy) is 1. The minimum Gasteiger partial charge on any atom is -0.480 e. The summed E-state index contributed by atoms with van der Waals surface area (Å²) < 4.78 is 5.77. The Bertz CT molecular complexity index is 487. The van der Waals surface area contributed by atoms with Crippen LogP contribution in [0.1, 0.15) is 39.7 Å². The van der Waals surface area contributed by atoms with E-state index < -0.39 is 0 Å². The van der Waals surface area contributed by atoms with Crippen molar-refractivity contribution >= 4 is 5.91 Å². The molecule has 2 unspecified atom stereocenters. The van der Waals surface area contributed by atoms with Gasteiger partial charge in [-0.2, -0.15) is 0 Å². The number of benzene rings is 1. The Morgan fingerprint density at radius 1 is 1.30 bits per heavy atom. The van der Waals surface area contributed by atoms with E-state index in [0.717, 1.165) is 30.8 Å². The van der Waals surface area contributed by atoms with E-state index in [9.17, 15) is 4.79 Å². The Morgan fingerprint density at radius 2 is 2.00 bits per heavy atom. The van der Waals surface area contributed by atoms with Crippen LogP contribution < -0.4 is 10.1 Å². The third-order valence-corrected chi connectivity index (χ3v) is 4.52. The summed E-state index contributed by atoms with van der Waals surface area (Å²) in [5, 5.41) is 3.11. The Balaban J connectivity index is 1.89. The van der Waals surface area contributed by atoms with Gasteiger partial charge < -0.3 is 10.1 Å². The van der Waals surface area contributed by atoms with Gasteiger partial charge in [-0.05, 0) is 37.1 Å². The van der Waals surface area contributed by atoms with Gasteiger partial charge in [-0.3, -0.25) is 9.69 Å². The number of amides is 1. The van der Waals surface area contributed by atoms with Gasteiger partial charge in [-0.15, -0.1) is 0 Å². The van der Waals surface area contributed by atoms with Crippen molar-refractivity contribution in [3.63, 3.8) is 0 Å². The number of nitrogens with one attached hydrogen (secondary N) is 1. The fourth-order valence-electron chi connectivity index (χ4n) is 3.31. The van der Waals surface area contributed by atoms with E-state index in [2.05, 4.69) is 37.9 Å². The smallest absolute Gasteiger partial charge is 0.261 e. The van der Waals surface area contributed by atoms with Gasteiger partial charge in [0.25, 0.3) is 5.91 Å². The van der Waals surface area contributed by atoms with Crippen molar-refractivity contribution in [1.82, 2.24) is 10.2 Å². The molecule has 0 fully saturated rings. The van der Waals surface area contributed by atoms with E-state index in [1.165, 1.54) is 0 Å². The molecule has 23 heavy (non-hydrogen) atoms. The summed E-state index contributed by atoms with van der Waals surface area (Å²) in [4.78, 5) is 14.9. The van der Waals surface area contributed by atoms with E-state index >= 15 is 0 Å². The molecule has 0 aliphatic carbocycles. The van der Waals surface area contributed by atoms with Crippen molar-refractivity contribution < 1.29 is 9.53 Å². The quantitative estimate of drug-likeness (QED) is 0.801. The van der Waals surface area contributed by atoms with Gasteiger partial charge >= 0.3 is 0 Å². The lowest BCUT2D eigenvalue weighted by atomic mass is 10.0. The predicted octanol–water partition coefficient (Wildman–Crippen LogP) is 2.86. The van der Waals surface area contributed by atoms with Gasteiger partial charge in [-0.25, -0.2) is 0 Å². The molecular formula is C19H30N2O2. The van der Waals surface area contributed by atoms with Crippen molar-refractivity contribution in [2.45, 2.75) is 52.7 Å². The second kappa shape index (κ2) is 8.34. The van der Waals surface area contributed by atoms with Crippen LogP contribution in [0.25, 0.3) is 0 Å². The summed E-state index contributed by atoms with van der Waals surface area (Å²) in [6, 6.07) is 8.28. The van der Waals surface area contributed by atoms with Crippen LogP contribution in [0.3, 0.4) is 0 Å². The number of hydrogen-bond donors (Lipinski definition) is 1. The third kappa shape index (κ3) is 4.71. The normalized spacial score (nSPS) is 17.9. The second-order valence-electron chi connectivity index (χ2n) is 6.67. The summed E-state index contributed by atoms with van der Waals surface area (Å²) in [6.07, 6.45) is 1.37. The first kappa shape index (κ1) is 17.8. The lowest BCUT2D eigenvalue weighted by molar-refractivity contribution is -0.127. The molecule has 1 aliphatic rings. The summed E-state index contributed by atoms with van der Waals surface area (Å²) in [5.74, 6) is 1.46. The van der Waals surface area contributed by atoms with Crippen molar-refractivity contribution in [3.05, 3.63) is 29.8 Å². The van der Waals surface area contributed by atoms with Crippen LogP contribution in [0.2, 0.25) is 0 Å². The van der Waals surface area contributed by atoms with Gasteiger partial charge in [0.05, 0.1) is 0 Å². The van der Waals surface area contributed by atoms with Crippen molar-refractivity contribution in [2.75, 3.05) is 19.6 Å². The number of fused-ring (bicyclic) bond motifs is 1. The molecule has 1 N–H and O–H groups in total. The zero-order chi connectivity index (χ0) is 16.8. The van der Waals surface area contributed by atoms with Crippen LogP contribution in [0.15, 0.2) is 24.3 Å². The zero-order valence-corrected chi connectivity index (χ0v) is 14.8. The number of rotatable bonds is 8. The summed E-state index contributed by atoms with van der Waals surface area (Å²) in [6.45, 7) is 11.5. The number of nitrogens with zero attached hydrogens (tertiary/aromatic N) is 1. The number of para-hydroxylation sites is 1. The monoisotopic (exact) mass is 318 g/mol. The highest BCUT2D eigenvalue weighted by Gasteiger charge is 2.29. The topological polar surface area (TPSA) is 41.6 Å². The molecular weight excluding hydrogens is 288 g/mol. The Morgan fingerprint density at radius 3 is 2.61 bits per heavy atom. The first-order chi connectivity index (χ1) is 11.0. The van der Waals surface area contributed by atoms with Gasteiger partial charge in [0, 0.05) is 19.0 Å². The van der Waals surface area contributed by atoms with Gasteiger partial charge in [0.2, 0.25) is 0 Å². The predicted molar refractivity (Wildman–Crippen MR) is 93.7 cm³/mol. The maximum absolute atomic E-state index is 12.4. The van der Waals surface area contributed by atoms with E-state index in [4.69, 9.17) is 4.74 Å². The molecule has 4 nitrogen and oxygen atoms in total. The molecule has 0 aromatic heterocycles. The summed E-state index contributed by atoms with van der Waals surface area (Å²) in [5.41, 5.74) is 1.12. The lowest BCUT2D eigenvalue weighted by Gasteiger charge is -2.31. The van der Waals surface area contributed by atoms with Crippen molar-refractivity contribution in [2.24, 2.45) is 5.92 Å². The van der Waals surface area contributed by atoms with Gasteiger partial charge in [0.1, 0.15) is 5.75 Å². The van der Waals surface area contributed by atoms with Crippen LogP contribution in [0.4, 0.5) is 0 Å². The number of likely N-dealkylation sites (N-methyl/N-ethyl adjacent to an activating group) is 1. The molecule has 0 bridgehead atoms. The van der Waals surface area contributed by atoms with E-state index in [1.807, 2.05) is 24.3 Å². The maximum Gasteiger partial charge on any atom is 0.261 e. The number of carbonyl (C=O) groups is 1. The first-order valence-electron chi connectivity index (χ1n) is 8.81. The molecule has 0 saturated carbocycles. The number of carbonyl (C=O) groups excluding carboxylic acids is 1. The van der Waals surface area contributed by atoms with Crippen LogP contribution in [0, 0.1) is 5.92 Å². The first-order valence-corrected chi connectivity index (χ1v) is 8.81. The SMILES string of the molecule is CCN(CC)C(CNC(=O)C1Cc2ccccc2O1)CC(C)C. The molecule has 0 spiro atoms. The highest BCUT2D eigenvalue weighted by Crippen LogP contribution is 2.28. The molecule has 128 valence electrons. The van der Waals surface area contributed by atoms with E-state index in [-0.39, 0.29) is 12.0 Å². The highest BCUT2D eigenvalue weighted by molar-refractivity contribution is 5.82. The lowest BCUT2D eigenvalue weighted by Crippen LogP contribution is -2.47. The van der Waals surface area contributed by atoms with Crippen molar-refractivity contribution in [1.29, 1.82) is 0 Å². The second-order valence-corrected chi connectivity index (χ2v) is 6.67. The molecule has 1 aromatic carbocycles. The minimum atomic E-state index is -0.385. The largest absolute Gasteiger partial charge is 0.480 e. The summed E-state index contributed by atoms with van der Waals surface area (Å²) >= 11 is 0. The van der Waals surface area contributed by atoms with E-state index in [0.29, 0.717) is 24.9 Å². The zero-order valence-electron chi connectivity index (χ0n) is 14.8. The average Bonchev–Trinajstić information content (AvgIpc) is 2.97. The molecule has 1 heterocycles. The highest BCUT2D eigenvalue weighted by atomic mass is 16.5. The van der Waals surface area contributed by atoms with Crippen LogP contribution in [-0.2, 0) is 11.2 Å². The fourth-order valence-corrected chi connectivity index (χ4v) is 3.31. The Kier molecular flexibility index (Phi) is 6.46. The minimum absolute atomic E-state index is 0.00196. The molecule has 1 amide bonds. The molecule has 4 heteroatoms. The maximum atomic E-state index is 12.4. The van der Waals surface area contributed by atoms with Gasteiger partial charge in [0.15, 0.2) is 6.10 Å². The molecule has 2 rings (SSSR count). The molecule has 1 aromatic rings. The Labute approximate surface area is 140 Å². The van der Waals surface area contributed by atoms with Crippen LogP contribution >= 0.6 is 0 Å². The molecule has 1 aliphatic heterocycles. The molecule has 2 atom stereocenters. The van der Waals surface area contributed by atoms with Crippen LogP contribution in [0.5, 0.6) is 5.75 Å².